The maximum atomic E-state index is 12.3. The molecule has 7 heteroatoms. The van der Waals surface area contributed by atoms with Crippen molar-refractivity contribution < 1.29 is 9.53 Å². The van der Waals surface area contributed by atoms with E-state index < -0.39 is 0 Å². The van der Waals surface area contributed by atoms with E-state index in [1.807, 2.05) is 50.5 Å². The minimum absolute atomic E-state index is 0.0876. The minimum atomic E-state index is 0.0876. The smallest absolute Gasteiger partial charge is 0.220 e. The van der Waals surface area contributed by atoms with Crippen LogP contribution in [-0.4, -0.2) is 49.3 Å². The predicted octanol–water partition coefficient (Wildman–Crippen LogP) is 4.60. The van der Waals surface area contributed by atoms with Gasteiger partial charge in [-0.15, -0.1) is 11.3 Å². The highest BCUT2D eigenvalue weighted by Gasteiger charge is 2.16. The fourth-order valence-electron chi connectivity index (χ4n) is 3.05. The monoisotopic (exact) mass is 429 g/mol. The van der Waals surface area contributed by atoms with Crippen LogP contribution in [0.2, 0.25) is 0 Å². The number of hydrogen-bond donors (Lipinski definition) is 1. The first-order valence-electron chi connectivity index (χ1n) is 9.62. The topological polar surface area (TPSA) is 54.5 Å². The van der Waals surface area contributed by atoms with E-state index in [1.54, 1.807) is 30.2 Å². The second-order valence-corrected chi connectivity index (χ2v) is 9.33. The quantitative estimate of drug-likeness (QED) is 0.377. The van der Waals surface area contributed by atoms with Crippen LogP contribution in [-0.2, 0) is 4.79 Å². The fraction of sp³-hybridized carbons (Fsp3) is 0.364. The van der Waals surface area contributed by atoms with Gasteiger partial charge in [-0.05, 0) is 50.3 Å². The number of thioether (sulfide) groups is 1. The third-order valence-electron chi connectivity index (χ3n) is 4.64. The van der Waals surface area contributed by atoms with Crippen LogP contribution in [0, 0.1) is 0 Å². The van der Waals surface area contributed by atoms with Gasteiger partial charge >= 0.3 is 0 Å². The van der Waals surface area contributed by atoms with Gasteiger partial charge in [-0.3, -0.25) is 4.79 Å². The zero-order valence-electron chi connectivity index (χ0n) is 17.1. The van der Waals surface area contributed by atoms with Crippen molar-refractivity contribution in [2.75, 3.05) is 33.5 Å². The third kappa shape index (κ3) is 6.19. The number of hydrogen-bond acceptors (Lipinski definition) is 6. The van der Waals surface area contributed by atoms with E-state index in [2.05, 4.69) is 27.3 Å². The molecule has 1 aromatic heterocycles. The second-order valence-electron chi connectivity index (χ2n) is 6.96. The third-order valence-corrected chi connectivity index (χ3v) is 6.91. The van der Waals surface area contributed by atoms with E-state index in [-0.39, 0.29) is 11.9 Å². The Hall–Kier alpha value is -2.09. The van der Waals surface area contributed by atoms with Gasteiger partial charge in [-0.1, -0.05) is 36.0 Å². The summed E-state index contributed by atoms with van der Waals surface area (Å²) in [6.45, 7) is 0.573. The number of likely N-dealkylation sites (N-methyl/N-ethyl adjacent to an activating group) is 1. The summed E-state index contributed by atoms with van der Waals surface area (Å²) in [5, 5.41) is 3.08. The Morgan fingerprint density at radius 2 is 2.07 bits per heavy atom. The lowest BCUT2D eigenvalue weighted by atomic mass is 10.1. The Labute approximate surface area is 180 Å². The number of aromatic nitrogens is 1. The van der Waals surface area contributed by atoms with E-state index >= 15 is 0 Å². The summed E-state index contributed by atoms with van der Waals surface area (Å²) in [5.41, 5.74) is 2.17. The molecule has 0 saturated heterocycles. The predicted molar refractivity (Wildman–Crippen MR) is 122 cm³/mol. The van der Waals surface area contributed by atoms with Crippen molar-refractivity contribution in [3.8, 4) is 5.75 Å². The van der Waals surface area contributed by atoms with E-state index in [1.165, 1.54) is 4.70 Å². The Morgan fingerprint density at radius 1 is 1.24 bits per heavy atom. The molecule has 1 amide bonds. The molecule has 0 saturated carbocycles. The molecule has 0 aliphatic rings. The summed E-state index contributed by atoms with van der Waals surface area (Å²) in [6.07, 6.45) is 1.36. The highest BCUT2D eigenvalue weighted by Crippen LogP contribution is 2.29. The molecular formula is C22H27N3O2S2. The molecule has 0 aliphatic heterocycles. The average molecular weight is 430 g/mol. The van der Waals surface area contributed by atoms with Crippen LogP contribution >= 0.6 is 23.1 Å². The van der Waals surface area contributed by atoms with E-state index in [0.717, 1.165) is 33.3 Å². The standard InChI is InChI=1S/C22H27N3O2S2/c1-25(2)19(16-8-6-9-17(14-16)27-3)15-23-21(26)12-7-13-28-22-24-18-10-4-5-11-20(18)29-22/h4-6,8-11,14,19H,7,12-13,15H2,1-3H3,(H,23,26)/t19-/m1/s1. The maximum Gasteiger partial charge on any atom is 0.220 e. The summed E-state index contributed by atoms with van der Waals surface area (Å²) in [5.74, 6) is 1.80. The molecule has 0 bridgehead atoms. The van der Waals surface area contributed by atoms with Crippen LogP contribution in [0.25, 0.3) is 10.2 Å². The number of carbonyl (C=O) groups is 1. The number of benzene rings is 2. The highest BCUT2D eigenvalue weighted by molar-refractivity contribution is 8.01. The van der Waals surface area contributed by atoms with Crippen LogP contribution in [0.15, 0.2) is 52.9 Å². The Kier molecular flexibility index (Phi) is 7.91. The number of ether oxygens (including phenoxy) is 1. The molecule has 0 unspecified atom stereocenters. The minimum Gasteiger partial charge on any atom is -0.497 e. The van der Waals surface area contributed by atoms with Gasteiger partial charge in [0.05, 0.1) is 23.4 Å². The van der Waals surface area contributed by atoms with E-state index in [9.17, 15) is 4.79 Å². The number of nitrogens with one attached hydrogen (secondary N) is 1. The number of amides is 1. The Morgan fingerprint density at radius 3 is 2.83 bits per heavy atom. The zero-order valence-corrected chi connectivity index (χ0v) is 18.7. The van der Waals surface area contributed by atoms with Crippen molar-refractivity contribution in [1.82, 2.24) is 15.2 Å². The van der Waals surface area contributed by atoms with Crippen LogP contribution in [0.5, 0.6) is 5.75 Å². The molecule has 1 N–H and O–H groups in total. The first kappa shape index (κ1) is 21.6. The van der Waals surface area contributed by atoms with Gasteiger partial charge in [0.1, 0.15) is 5.75 Å². The lowest BCUT2D eigenvalue weighted by Gasteiger charge is -2.25. The molecule has 3 aromatic rings. The lowest BCUT2D eigenvalue weighted by Crippen LogP contribution is -2.34. The van der Waals surface area contributed by atoms with E-state index in [0.29, 0.717) is 13.0 Å². The van der Waals surface area contributed by atoms with Crippen LogP contribution in [0.1, 0.15) is 24.4 Å². The number of fused-ring (bicyclic) bond motifs is 1. The number of methoxy groups -OCH3 is 1. The lowest BCUT2D eigenvalue weighted by molar-refractivity contribution is -0.121. The van der Waals surface area contributed by atoms with Gasteiger partial charge in [-0.25, -0.2) is 4.98 Å². The number of carbonyl (C=O) groups excluding carboxylic acids is 1. The number of thiazole rings is 1. The summed E-state index contributed by atoms with van der Waals surface area (Å²) < 4.78 is 7.59. The Bertz CT molecular complexity index is 909. The van der Waals surface area contributed by atoms with Crippen molar-refractivity contribution >= 4 is 39.2 Å². The molecule has 0 spiro atoms. The molecule has 0 fully saturated rings. The average Bonchev–Trinajstić information content (AvgIpc) is 3.14. The van der Waals surface area contributed by atoms with Crippen molar-refractivity contribution in [1.29, 1.82) is 0 Å². The maximum absolute atomic E-state index is 12.3. The first-order chi connectivity index (χ1) is 14.1. The zero-order chi connectivity index (χ0) is 20.6. The number of nitrogens with zero attached hydrogens (tertiary/aromatic N) is 2. The van der Waals surface area contributed by atoms with Gasteiger partial charge in [-0.2, -0.15) is 0 Å². The second kappa shape index (κ2) is 10.6. The van der Waals surface area contributed by atoms with Crippen molar-refractivity contribution in [2.45, 2.75) is 23.2 Å². The molecule has 5 nitrogen and oxygen atoms in total. The molecule has 1 heterocycles. The summed E-state index contributed by atoms with van der Waals surface area (Å²) in [4.78, 5) is 19.0. The molecule has 2 aromatic carbocycles. The van der Waals surface area contributed by atoms with Gasteiger partial charge in [0.25, 0.3) is 0 Å². The van der Waals surface area contributed by atoms with Crippen LogP contribution in [0.4, 0.5) is 0 Å². The summed E-state index contributed by atoms with van der Waals surface area (Å²) >= 11 is 3.43. The highest BCUT2D eigenvalue weighted by atomic mass is 32.2. The number of para-hydroxylation sites is 1. The summed E-state index contributed by atoms with van der Waals surface area (Å²) in [6, 6.07) is 16.3. The van der Waals surface area contributed by atoms with Gasteiger partial charge < -0.3 is 15.0 Å². The summed E-state index contributed by atoms with van der Waals surface area (Å²) in [7, 11) is 5.70. The van der Waals surface area contributed by atoms with Crippen molar-refractivity contribution in [3.05, 3.63) is 54.1 Å². The van der Waals surface area contributed by atoms with Crippen LogP contribution < -0.4 is 10.1 Å². The first-order valence-corrected chi connectivity index (χ1v) is 11.4. The van der Waals surface area contributed by atoms with E-state index in [4.69, 9.17) is 4.74 Å². The molecule has 0 radical (unpaired) electrons. The molecule has 154 valence electrons. The fourth-order valence-corrected chi connectivity index (χ4v) is 5.13. The van der Waals surface area contributed by atoms with Crippen molar-refractivity contribution in [2.24, 2.45) is 0 Å². The molecule has 3 rings (SSSR count). The van der Waals surface area contributed by atoms with Gasteiger partial charge in [0.2, 0.25) is 5.91 Å². The van der Waals surface area contributed by atoms with Crippen molar-refractivity contribution in [3.63, 3.8) is 0 Å². The van der Waals surface area contributed by atoms with Gasteiger partial charge in [0.15, 0.2) is 4.34 Å². The van der Waals surface area contributed by atoms with Gasteiger partial charge in [0, 0.05) is 18.7 Å². The molecular weight excluding hydrogens is 402 g/mol. The molecule has 0 aliphatic carbocycles. The SMILES string of the molecule is COc1cccc([C@@H](CNC(=O)CCCSc2nc3ccccc3s2)N(C)C)c1. The largest absolute Gasteiger partial charge is 0.497 e. The number of rotatable bonds is 10. The van der Waals surface area contributed by atoms with Crippen LogP contribution in [0.3, 0.4) is 0 Å². The molecule has 29 heavy (non-hydrogen) atoms. The normalized spacial score (nSPS) is 12.3. The molecule has 1 atom stereocenters. The Balaban J connectivity index is 1.43.